The van der Waals surface area contributed by atoms with Crippen LogP contribution in [-0.2, 0) is 20.0 Å². The molecule has 7 nitrogen and oxygen atoms in total. The SMILES string of the molecule is Cc1ccc(F)cc1-c1cnc2c(c1)CN(c1nc3nn(C)c(=O)n3c(C)c1C)CC2. The summed E-state index contributed by atoms with van der Waals surface area (Å²) in [5.74, 6) is 0.974. The fourth-order valence-corrected chi connectivity index (χ4v) is 4.29. The minimum absolute atomic E-state index is 0.196. The van der Waals surface area contributed by atoms with E-state index >= 15 is 0 Å². The molecule has 0 radical (unpaired) electrons. The van der Waals surface area contributed by atoms with Gasteiger partial charge < -0.3 is 4.90 Å². The van der Waals surface area contributed by atoms with Gasteiger partial charge in [0.1, 0.15) is 11.6 Å². The van der Waals surface area contributed by atoms with E-state index in [2.05, 4.69) is 21.0 Å². The van der Waals surface area contributed by atoms with Crippen molar-refractivity contribution >= 4 is 11.6 Å². The highest BCUT2D eigenvalue weighted by Gasteiger charge is 2.23. The molecule has 0 atom stereocenters. The number of aromatic nitrogens is 5. The zero-order valence-corrected chi connectivity index (χ0v) is 18.0. The number of hydrogen-bond donors (Lipinski definition) is 0. The van der Waals surface area contributed by atoms with E-state index in [1.807, 2.05) is 27.0 Å². The highest BCUT2D eigenvalue weighted by atomic mass is 19.1. The van der Waals surface area contributed by atoms with Crippen molar-refractivity contribution in [3.63, 3.8) is 0 Å². The molecule has 0 N–H and O–H groups in total. The van der Waals surface area contributed by atoms with Gasteiger partial charge in [0, 0.05) is 55.3 Å². The van der Waals surface area contributed by atoms with Crippen LogP contribution in [-0.4, -0.2) is 30.7 Å². The van der Waals surface area contributed by atoms with Crippen LogP contribution in [0.2, 0.25) is 0 Å². The first kappa shape index (κ1) is 19.4. The molecule has 0 unspecified atom stereocenters. The summed E-state index contributed by atoms with van der Waals surface area (Å²) in [4.78, 5) is 23.9. The van der Waals surface area contributed by atoms with Gasteiger partial charge in [0.25, 0.3) is 5.78 Å². The first-order chi connectivity index (χ1) is 14.8. The molecule has 1 aromatic carbocycles. The molecule has 0 spiro atoms. The van der Waals surface area contributed by atoms with Crippen molar-refractivity contribution in [3.05, 3.63) is 74.8 Å². The van der Waals surface area contributed by atoms with Crippen molar-refractivity contribution in [2.75, 3.05) is 11.4 Å². The Labute approximate surface area is 178 Å². The molecule has 158 valence electrons. The number of pyridine rings is 1. The zero-order chi connectivity index (χ0) is 21.9. The summed E-state index contributed by atoms with van der Waals surface area (Å²) in [5, 5.41) is 4.27. The Morgan fingerprint density at radius 2 is 1.94 bits per heavy atom. The van der Waals surface area contributed by atoms with E-state index in [-0.39, 0.29) is 11.5 Å². The van der Waals surface area contributed by atoms with Gasteiger partial charge in [0.15, 0.2) is 0 Å². The van der Waals surface area contributed by atoms with Crippen LogP contribution >= 0.6 is 0 Å². The second-order valence-corrected chi connectivity index (χ2v) is 8.15. The highest BCUT2D eigenvalue weighted by Crippen LogP contribution is 2.30. The third-order valence-corrected chi connectivity index (χ3v) is 6.18. The largest absolute Gasteiger partial charge is 0.351 e. The van der Waals surface area contributed by atoms with Gasteiger partial charge in [-0.05, 0) is 55.7 Å². The first-order valence-corrected chi connectivity index (χ1v) is 10.3. The average Bonchev–Trinajstić information content (AvgIpc) is 3.05. The van der Waals surface area contributed by atoms with E-state index in [1.54, 1.807) is 23.6 Å². The van der Waals surface area contributed by atoms with Gasteiger partial charge in [-0.2, -0.15) is 4.98 Å². The molecule has 4 aromatic rings. The normalized spacial score (nSPS) is 13.6. The van der Waals surface area contributed by atoms with E-state index in [9.17, 15) is 9.18 Å². The van der Waals surface area contributed by atoms with Crippen LogP contribution in [0.5, 0.6) is 0 Å². The van der Waals surface area contributed by atoms with Crippen molar-refractivity contribution in [3.8, 4) is 11.1 Å². The minimum atomic E-state index is -0.255. The molecule has 0 amide bonds. The van der Waals surface area contributed by atoms with Crippen LogP contribution in [0, 0.1) is 26.6 Å². The second-order valence-electron chi connectivity index (χ2n) is 8.15. The average molecular weight is 418 g/mol. The fraction of sp³-hybridized carbons (Fsp3) is 0.304. The Morgan fingerprint density at radius 1 is 1.13 bits per heavy atom. The van der Waals surface area contributed by atoms with Crippen molar-refractivity contribution in [1.82, 2.24) is 24.1 Å². The lowest BCUT2D eigenvalue weighted by Crippen LogP contribution is -2.33. The molecular formula is C23H23FN6O. The maximum absolute atomic E-state index is 13.8. The third kappa shape index (κ3) is 3.10. The van der Waals surface area contributed by atoms with Crippen LogP contribution in [0.1, 0.15) is 28.1 Å². The van der Waals surface area contributed by atoms with Crippen LogP contribution in [0.3, 0.4) is 0 Å². The predicted molar refractivity (Wildman–Crippen MR) is 117 cm³/mol. The van der Waals surface area contributed by atoms with E-state index < -0.39 is 0 Å². The molecule has 0 saturated carbocycles. The van der Waals surface area contributed by atoms with E-state index in [0.717, 1.165) is 58.0 Å². The first-order valence-electron chi connectivity index (χ1n) is 10.3. The molecule has 31 heavy (non-hydrogen) atoms. The Bertz CT molecular complexity index is 1400. The van der Waals surface area contributed by atoms with Crippen LogP contribution in [0.15, 0.2) is 35.3 Å². The fourth-order valence-electron chi connectivity index (χ4n) is 4.29. The number of rotatable bonds is 2. The number of benzene rings is 1. The van der Waals surface area contributed by atoms with Gasteiger partial charge in [-0.1, -0.05) is 6.07 Å². The number of fused-ring (bicyclic) bond motifs is 2. The Morgan fingerprint density at radius 3 is 2.74 bits per heavy atom. The van der Waals surface area contributed by atoms with Gasteiger partial charge in [0.2, 0.25) is 0 Å². The Balaban J connectivity index is 1.56. The molecule has 1 aliphatic rings. The van der Waals surface area contributed by atoms with Crippen molar-refractivity contribution in [2.24, 2.45) is 7.05 Å². The lowest BCUT2D eigenvalue weighted by atomic mass is 9.97. The summed E-state index contributed by atoms with van der Waals surface area (Å²) < 4.78 is 16.7. The van der Waals surface area contributed by atoms with Gasteiger partial charge in [-0.3, -0.25) is 4.98 Å². The second kappa shape index (κ2) is 7.01. The number of hydrogen-bond acceptors (Lipinski definition) is 5. The molecule has 5 rings (SSSR count). The van der Waals surface area contributed by atoms with Gasteiger partial charge >= 0.3 is 5.69 Å². The van der Waals surface area contributed by atoms with Crippen molar-refractivity contribution < 1.29 is 4.39 Å². The van der Waals surface area contributed by atoms with Crippen LogP contribution in [0.25, 0.3) is 16.9 Å². The predicted octanol–water partition coefficient (Wildman–Crippen LogP) is 3.12. The molecule has 0 saturated heterocycles. The summed E-state index contributed by atoms with van der Waals surface area (Å²) in [5.41, 5.74) is 6.52. The van der Waals surface area contributed by atoms with Crippen molar-refractivity contribution in [2.45, 2.75) is 33.7 Å². The number of anilines is 1. The highest BCUT2D eigenvalue weighted by molar-refractivity contribution is 5.68. The third-order valence-electron chi connectivity index (χ3n) is 6.18. The molecule has 0 fully saturated rings. The topological polar surface area (TPSA) is 68.3 Å². The molecule has 3 aromatic heterocycles. The van der Waals surface area contributed by atoms with E-state index in [1.165, 1.54) is 10.7 Å². The number of aryl methyl sites for hydroxylation is 3. The summed E-state index contributed by atoms with van der Waals surface area (Å²) in [6.07, 6.45) is 2.62. The molecule has 0 aliphatic carbocycles. The van der Waals surface area contributed by atoms with Gasteiger partial charge in [-0.15, -0.1) is 5.10 Å². The summed E-state index contributed by atoms with van der Waals surface area (Å²) in [7, 11) is 1.63. The Hall–Kier alpha value is -3.55. The van der Waals surface area contributed by atoms with Gasteiger partial charge in [-0.25, -0.2) is 18.3 Å². The van der Waals surface area contributed by atoms with E-state index in [4.69, 9.17) is 4.98 Å². The zero-order valence-electron chi connectivity index (χ0n) is 18.0. The maximum atomic E-state index is 13.8. The van der Waals surface area contributed by atoms with Crippen molar-refractivity contribution in [1.29, 1.82) is 0 Å². The number of halogens is 1. The summed E-state index contributed by atoms with van der Waals surface area (Å²) in [6, 6.07) is 6.92. The summed E-state index contributed by atoms with van der Waals surface area (Å²) in [6.45, 7) is 7.29. The molecule has 1 aliphatic heterocycles. The molecule has 0 bridgehead atoms. The quantitative estimate of drug-likeness (QED) is 0.500. The van der Waals surface area contributed by atoms with Crippen LogP contribution < -0.4 is 10.6 Å². The number of nitrogens with zero attached hydrogens (tertiary/aromatic N) is 6. The monoisotopic (exact) mass is 418 g/mol. The lowest BCUT2D eigenvalue weighted by molar-refractivity contribution is 0.628. The standard InChI is InChI=1S/C23H23FN6O/c1-13-5-6-18(24)10-19(13)16-9-17-12-29(8-7-20(17)25-11-16)21-14(2)15(3)30-22(26-21)27-28(4)23(30)31/h5-6,9-11H,7-8,12H2,1-4H3. The lowest BCUT2D eigenvalue weighted by Gasteiger charge is -2.31. The summed E-state index contributed by atoms with van der Waals surface area (Å²) >= 11 is 0. The minimum Gasteiger partial charge on any atom is -0.351 e. The van der Waals surface area contributed by atoms with Gasteiger partial charge in [0.05, 0.1) is 0 Å². The van der Waals surface area contributed by atoms with E-state index in [0.29, 0.717) is 12.3 Å². The molecular weight excluding hydrogens is 395 g/mol. The molecule has 4 heterocycles. The van der Waals surface area contributed by atoms with Crippen LogP contribution in [0.4, 0.5) is 10.2 Å². The smallest absolute Gasteiger partial charge is 0.351 e. The molecule has 8 heteroatoms. The Kier molecular flexibility index (Phi) is 4.39. The maximum Gasteiger partial charge on any atom is 0.351 e.